The average Bonchev–Trinajstić information content (AvgIpc) is 3.51. The van der Waals surface area contributed by atoms with Gasteiger partial charge in [0.1, 0.15) is 0 Å². The van der Waals surface area contributed by atoms with Crippen molar-refractivity contribution in [3.63, 3.8) is 0 Å². The molecule has 0 saturated carbocycles. The van der Waals surface area contributed by atoms with E-state index in [1.54, 1.807) is 0 Å². The summed E-state index contributed by atoms with van der Waals surface area (Å²) >= 11 is 4.79. The average molecular weight is 539 g/mol. The number of para-hydroxylation sites is 2. The van der Waals surface area contributed by atoms with E-state index in [2.05, 4.69) is 119 Å². The SMILES string of the molecule is CC1=CCCc2c1c1c(n2C2=CCC(C3C=CC(n4c5ccccc5c5ccccc54)=CC3)C=C2)C=CC(S)C1. The molecule has 0 aliphatic heterocycles. The molecule has 2 heterocycles. The standard InChI is InChI=1S/C37H34N2S/c1-24-7-6-12-36-37(24)32-23-29(40)21-22-35(32)39(36)28-19-15-26(16-20-28)25-13-17-27(18-14-25)38-33-10-4-2-8-30(33)31-9-3-5-11-34(31)38/h2-5,7-11,13,15,17-22,25-26,29,40H,6,12,14,16,23H2,1H3. The Morgan fingerprint density at radius 2 is 1.35 bits per heavy atom. The lowest BCUT2D eigenvalue weighted by molar-refractivity contribution is 0.478. The predicted molar refractivity (Wildman–Crippen MR) is 174 cm³/mol. The molecule has 0 N–H and O–H groups in total. The topological polar surface area (TPSA) is 9.86 Å². The highest BCUT2D eigenvalue weighted by atomic mass is 32.1. The highest BCUT2D eigenvalue weighted by Gasteiger charge is 2.29. The quantitative estimate of drug-likeness (QED) is 0.249. The van der Waals surface area contributed by atoms with Crippen LogP contribution in [0.15, 0.2) is 97.1 Å². The fourth-order valence-corrected chi connectivity index (χ4v) is 7.77. The lowest BCUT2D eigenvalue weighted by Crippen LogP contribution is -2.16. The number of nitrogens with zero attached hydrogens (tertiary/aromatic N) is 2. The number of thiol groups is 1. The molecule has 3 heteroatoms. The Hall–Kier alpha value is -3.69. The van der Waals surface area contributed by atoms with Crippen molar-refractivity contribution in [1.29, 1.82) is 0 Å². The molecule has 3 unspecified atom stereocenters. The highest BCUT2D eigenvalue weighted by Crippen LogP contribution is 2.42. The zero-order valence-corrected chi connectivity index (χ0v) is 23.8. The summed E-state index contributed by atoms with van der Waals surface area (Å²) < 4.78 is 4.99. The van der Waals surface area contributed by atoms with Gasteiger partial charge >= 0.3 is 0 Å². The van der Waals surface area contributed by atoms with Gasteiger partial charge in [0, 0.05) is 44.4 Å². The minimum Gasteiger partial charge on any atom is -0.314 e. The molecule has 8 rings (SSSR count). The summed E-state index contributed by atoms with van der Waals surface area (Å²) in [5, 5.41) is 2.95. The fraction of sp³-hybridized carbons (Fsp3) is 0.243. The fourth-order valence-electron chi connectivity index (χ4n) is 7.50. The zero-order chi connectivity index (χ0) is 26.8. The first-order valence-corrected chi connectivity index (χ1v) is 15.2. The van der Waals surface area contributed by atoms with E-state index < -0.39 is 0 Å². The molecular weight excluding hydrogens is 504 g/mol. The van der Waals surface area contributed by atoms with Gasteiger partial charge in [0.15, 0.2) is 0 Å². The molecule has 198 valence electrons. The molecule has 0 spiro atoms. The van der Waals surface area contributed by atoms with Crippen LogP contribution < -0.4 is 0 Å². The van der Waals surface area contributed by atoms with Crippen LogP contribution in [0.25, 0.3) is 44.8 Å². The number of hydrogen-bond acceptors (Lipinski definition) is 1. The third kappa shape index (κ3) is 3.71. The number of rotatable bonds is 3. The van der Waals surface area contributed by atoms with Gasteiger partial charge in [0.05, 0.1) is 11.0 Å². The molecule has 40 heavy (non-hydrogen) atoms. The Labute approximate surface area is 241 Å². The van der Waals surface area contributed by atoms with E-state index in [0.29, 0.717) is 17.1 Å². The summed E-state index contributed by atoms with van der Waals surface area (Å²) in [4.78, 5) is 0. The van der Waals surface area contributed by atoms with Crippen LogP contribution in [-0.4, -0.2) is 14.4 Å². The van der Waals surface area contributed by atoms with Crippen LogP contribution in [0.2, 0.25) is 0 Å². The number of allylic oxidation sites excluding steroid dienone is 10. The summed E-state index contributed by atoms with van der Waals surface area (Å²) in [6, 6.07) is 17.5. The van der Waals surface area contributed by atoms with Gasteiger partial charge in [-0.05, 0) is 92.4 Å². The lowest BCUT2D eigenvalue weighted by atomic mass is 9.82. The van der Waals surface area contributed by atoms with Crippen LogP contribution in [0.5, 0.6) is 0 Å². The number of fused-ring (bicyclic) bond motifs is 6. The van der Waals surface area contributed by atoms with E-state index in [-0.39, 0.29) is 0 Å². The van der Waals surface area contributed by atoms with Gasteiger partial charge in [-0.15, -0.1) is 0 Å². The molecule has 0 amide bonds. The van der Waals surface area contributed by atoms with Crippen LogP contribution >= 0.6 is 12.6 Å². The molecule has 0 radical (unpaired) electrons. The Morgan fingerprint density at radius 1 is 0.725 bits per heavy atom. The van der Waals surface area contributed by atoms with Crippen LogP contribution in [0.4, 0.5) is 0 Å². The van der Waals surface area contributed by atoms with Crippen LogP contribution in [-0.2, 0) is 12.8 Å². The maximum absolute atomic E-state index is 4.79. The van der Waals surface area contributed by atoms with Gasteiger partial charge < -0.3 is 9.13 Å². The molecule has 3 atom stereocenters. The van der Waals surface area contributed by atoms with Crippen molar-refractivity contribution >= 4 is 57.5 Å². The van der Waals surface area contributed by atoms with E-state index in [9.17, 15) is 0 Å². The summed E-state index contributed by atoms with van der Waals surface area (Å²) in [5.41, 5.74) is 12.5. The van der Waals surface area contributed by atoms with Gasteiger partial charge in [-0.1, -0.05) is 72.9 Å². The second kappa shape index (κ2) is 9.45. The number of hydrogen-bond donors (Lipinski definition) is 1. The largest absolute Gasteiger partial charge is 0.314 e. The second-order valence-corrected chi connectivity index (χ2v) is 12.4. The van der Waals surface area contributed by atoms with Crippen molar-refractivity contribution < 1.29 is 0 Å². The summed E-state index contributed by atoms with van der Waals surface area (Å²) in [6.07, 6.45) is 27.0. The van der Waals surface area contributed by atoms with Crippen LogP contribution in [0, 0.1) is 11.8 Å². The summed E-state index contributed by atoms with van der Waals surface area (Å²) in [6.45, 7) is 2.28. The number of aromatic nitrogens is 2. The Bertz CT molecular complexity index is 1810. The van der Waals surface area contributed by atoms with Gasteiger partial charge in [-0.2, -0.15) is 12.6 Å². The maximum atomic E-state index is 4.79. The van der Waals surface area contributed by atoms with Crippen molar-refractivity contribution in [2.24, 2.45) is 11.8 Å². The maximum Gasteiger partial charge on any atom is 0.0540 e. The first-order valence-electron chi connectivity index (χ1n) is 14.7. The highest BCUT2D eigenvalue weighted by molar-refractivity contribution is 7.81. The Kier molecular flexibility index (Phi) is 5.70. The number of benzene rings is 2. The second-order valence-electron chi connectivity index (χ2n) is 11.7. The van der Waals surface area contributed by atoms with E-state index in [1.165, 1.54) is 61.3 Å². The minimum absolute atomic E-state index is 0.306. The first kappa shape index (κ1) is 24.1. The van der Waals surface area contributed by atoms with E-state index in [1.807, 2.05) is 0 Å². The molecule has 4 aliphatic rings. The predicted octanol–water partition coefficient (Wildman–Crippen LogP) is 9.35. The van der Waals surface area contributed by atoms with Crippen molar-refractivity contribution in [1.82, 2.24) is 9.13 Å². The molecule has 4 aliphatic carbocycles. The molecule has 2 nitrogen and oxygen atoms in total. The summed E-state index contributed by atoms with van der Waals surface area (Å²) in [5.74, 6) is 1.05. The molecule has 2 aromatic heterocycles. The Balaban J connectivity index is 1.07. The van der Waals surface area contributed by atoms with E-state index >= 15 is 0 Å². The summed E-state index contributed by atoms with van der Waals surface area (Å²) in [7, 11) is 0. The van der Waals surface area contributed by atoms with Crippen LogP contribution in [0.1, 0.15) is 48.7 Å². The third-order valence-electron chi connectivity index (χ3n) is 9.40. The molecule has 0 bridgehead atoms. The van der Waals surface area contributed by atoms with E-state index in [0.717, 1.165) is 32.1 Å². The molecule has 0 saturated heterocycles. The molecule has 0 fully saturated rings. The normalized spacial score (nSPS) is 23.6. The third-order valence-corrected chi connectivity index (χ3v) is 9.75. The molecule has 2 aromatic carbocycles. The Morgan fingerprint density at radius 3 is 1.98 bits per heavy atom. The molecular formula is C37H34N2S. The first-order chi connectivity index (χ1) is 19.7. The van der Waals surface area contributed by atoms with Gasteiger partial charge in [-0.3, -0.25) is 0 Å². The van der Waals surface area contributed by atoms with Gasteiger partial charge in [-0.25, -0.2) is 0 Å². The van der Waals surface area contributed by atoms with Crippen molar-refractivity contribution in [2.75, 3.05) is 0 Å². The smallest absolute Gasteiger partial charge is 0.0540 e. The van der Waals surface area contributed by atoms with Crippen molar-refractivity contribution in [3.05, 3.63) is 120 Å². The van der Waals surface area contributed by atoms with Crippen molar-refractivity contribution in [3.8, 4) is 0 Å². The van der Waals surface area contributed by atoms with Crippen molar-refractivity contribution in [2.45, 2.75) is 44.3 Å². The zero-order valence-electron chi connectivity index (χ0n) is 22.9. The lowest BCUT2D eigenvalue weighted by Gasteiger charge is -2.27. The van der Waals surface area contributed by atoms with Gasteiger partial charge in [0.2, 0.25) is 0 Å². The monoisotopic (exact) mass is 538 g/mol. The van der Waals surface area contributed by atoms with Gasteiger partial charge in [0.25, 0.3) is 0 Å². The molecule has 4 aromatic rings. The van der Waals surface area contributed by atoms with Crippen LogP contribution in [0.3, 0.4) is 0 Å². The minimum atomic E-state index is 0.306. The van der Waals surface area contributed by atoms with E-state index in [4.69, 9.17) is 12.6 Å².